The molecule has 1 aromatic rings. The van der Waals surface area contributed by atoms with E-state index in [0.717, 1.165) is 17.3 Å². The molecule has 0 radical (unpaired) electrons. The van der Waals surface area contributed by atoms with Crippen LogP contribution < -0.4 is 11.3 Å². The van der Waals surface area contributed by atoms with Crippen LogP contribution in [0.4, 0.5) is 5.82 Å². The number of nitrogens with zero attached hydrogens (tertiary/aromatic N) is 2. The van der Waals surface area contributed by atoms with Gasteiger partial charge in [0.2, 0.25) is 0 Å². The van der Waals surface area contributed by atoms with Crippen molar-refractivity contribution in [3.63, 3.8) is 0 Å². The second-order valence-corrected chi connectivity index (χ2v) is 4.88. The topological polar surface area (TPSA) is 63.8 Å². The SMILES string of the molecule is Cc1cc(NN)nc(CSC(C)C)n1. The Kier molecular flexibility index (Phi) is 4.16. The van der Waals surface area contributed by atoms with E-state index in [-0.39, 0.29) is 0 Å². The molecule has 5 heteroatoms. The molecule has 0 aromatic carbocycles. The number of anilines is 1. The molecule has 0 atom stereocenters. The van der Waals surface area contributed by atoms with Crippen LogP contribution in [0.5, 0.6) is 0 Å². The van der Waals surface area contributed by atoms with Crippen LogP contribution >= 0.6 is 11.8 Å². The zero-order valence-electron chi connectivity index (χ0n) is 8.74. The molecule has 3 N–H and O–H groups in total. The normalized spacial score (nSPS) is 10.6. The van der Waals surface area contributed by atoms with E-state index >= 15 is 0 Å². The molecule has 1 aromatic heterocycles. The second-order valence-electron chi connectivity index (χ2n) is 3.31. The van der Waals surface area contributed by atoms with E-state index in [4.69, 9.17) is 5.84 Å². The molecule has 0 saturated heterocycles. The molecular weight excluding hydrogens is 196 g/mol. The summed E-state index contributed by atoms with van der Waals surface area (Å²) in [7, 11) is 0. The summed E-state index contributed by atoms with van der Waals surface area (Å²) in [6.45, 7) is 6.25. The van der Waals surface area contributed by atoms with Crippen molar-refractivity contribution in [2.45, 2.75) is 31.8 Å². The van der Waals surface area contributed by atoms with E-state index in [1.165, 1.54) is 0 Å². The molecule has 14 heavy (non-hydrogen) atoms. The van der Waals surface area contributed by atoms with Crippen LogP contribution in [0, 0.1) is 6.92 Å². The van der Waals surface area contributed by atoms with Gasteiger partial charge in [-0.1, -0.05) is 13.8 Å². The number of rotatable bonds is 4. The summed E-state index contributed by atoms with van der Waals surface area (Å²) in [6.07, 6.45) is 0. The summed E-state index contributed by atoms with van der Waals surface area (Å²) in [5, 5.41) is 0.591. The third-order valence-corrected chi connectivity index (χ3v) is 2.69. The van der Waals surface area contributed by atoms with Gasteiger partial charge in [-0.2, -0.15) is 11.8 Å². The quantitative estimate of drug-likeness (QED) is 0.587. The summed E-state index contributed by atoms with van der Waals surface area (Å²) in [5.41, 5.74) is 3.47. The molecule has 0 aliphatic heterocycles. The fourth-order valence-corrected chi connectivity index (χ4v) is 1.62. The molecule has 0 saturated carbocycles. The maximum absolute atomic E-state index is 5.30. The maximum Gasteiger partial charge on any atom is 0.143 e. The largest absolute Gasteiger partial charge is 0.308 e. The van der Waals surface area contributed by atoms with Gasteiger partial charge in [0.25, 0.3) is 0 Å². The number of hydrazine groups is 1. The molecule has 0 aliphatic carbocycles. The van der Waals surface area contributed by atoms with Gasteiger partial charge in [-0.3, -0.25) is 0 Å². The first-order chi connectivity index (χ1) is 6.61. The van der Waals surface area contributed by atoms with Crippen molar-refractivity contribution in [2.24, 2.45) is 5.84 Å². The second kappa shape index (κ2) is 5.17. The average molecular weight is 212 g/mol. The first kappa shape index (κ1) is 11.3. The van der Waals surface area contributed by atoms with E-state index in [1.807, 2.05) is 24.8 Å². The third-order valence-electron chi connectivity index (χ3n) is 1.59. The fourth-order valence-electron chi connectivity index (χ4n) is 1.01. The summed E-state index contributed by atoms with van der Waals surface area (Å²) in [4.78, 5) is 8.58. The number of hydrogen-bond donors (Lipinski definition) is 2. The van der Waals surface area contributed by atoms with E-state index in [9.17, 15) is 0 Å². The molecule has 0 fully saturated rings. The lowest BCUT2D eigenvalue weighted by Gasteiger charge is -2.06. The van der Waals surface area contributed by atoms with Gasteiger partial charge >= 0.3 is 0 Å². The number of thioether (sulfide) groups is 1. The molecule has 4 nitrogen and oxygen atoms in total. The van der Waals surface area contributed by atoms with Gasteiger partial charge in [0.1, 0.15) is 11.6 Å². The summed E-state index contributed by atoms with van der Waals surface area (Å²) in [6, 6.07) is 1.82. The zero-order chi connectivity index (χ0) is 10.6. The van der Waals surface area contributed by atoms with Gasteiger partial charge in [-0.05, 0) is 12.2 Å². The molecule has 0 aliphatic rings. The van der Waals surface area contributed by atoms with Gasteiger partial charge in [0.15, 0.2) is 0 Å². The number of nitrogens with two attached hydrogens (primary N) is 1. The van der Waals surface area contributed by atoms with Crippen molar-refractivity contribution < 1.29 is 0 Å². The van der Waals surface area contributed by atoms with Crippen molar-refractivity contribution in [1.29, 1.82) is 0 Å². The van der Waals surface area contributed by atoms with E-state index in [1.54, 1.807) is 0 Å². The Balaban J connectivity index is 2.71. The Labute approximate surface area is 88.7 Å². The Bertz CT molecular complexity index is 301. The highest BCUT2D eigenvalue weighted by atomic mass is 32.2. The van der Waals surface area contributed by atoms with Crippen molar-refractivity contribution in [3.05, 3.63) is 17.6 Å². The number of nitrogens with one attached hydrogen (secondary N) is 1. The Hall–Kier alpha value is -0.810. The molecule has 1 heterocycles. The first-order valence-corrected chi connectivity index (χ1v) is 5.59. The smallest absolute Gasteiger partial charge is 0.143 e. The van der Waals surface area contributed by atoms with Gasteiger partial charge in [0.05, 0.1) is 5.75 Å². The lowest BCUT2D eigenvalue weighted by Crippen LogP contribution is -2.10. The minimum Gasteiger partial charge on any atom is -0.308 e. The maximum atomic E-state index is 5.30. The predicted molar refractivity (Wildman–Crippen MR) is 61.0 cm³/mol. The molecule has 78 valence electrons. The fraction of sp³-hybridized carbons (Fsp3) is 0.556. The number of aromatic nitrogens is 2. The van der Waals surface area contributed by atoms with E-state index in [0.29, 0.717) is 11.1 Å². The first-order valence-electron chi connectivity index (χ1n) is 4.54. The number of nitrogen functional groups attached to an aromatic ring is 1. The summed E-state index contributed by atoms with van der Waals surface area (Å²) < 4.78 is 0. The van der Waals surface area contributed by atoms with Crippen LogP contribution in [0.1, 0.15) is 25.4 Å². The molecule has 0 unspecified atom stereocenters. The van der Waals surface area contributed by atoms with Crippen molar-refractivity contribution in [3.8, 4) is 0 Å². The lowest BCUT2D eigenvalue weighted by molar-refractivity contribution is 0.984. The van der Waals surface area contributed by atoms with Crippen LogP contribution in [-0.4, -0.2) is 15.2 Å². The van der Waals surface area contributed by atoms with Gasteiger partial charge in [-0.15, -0.1) is 0 Å². The predicted octanol–water partition coefficient (Wildman–Crippen LogP) is 1.71. The van der Waals surface area contributed by atoms with E-state index in [2.05, 4.69) is 29.2 Å². The molecule has 0 spiro atoms. The van der Waals surface area contributed by atoms with Crippen LogP contribution in [0.3, 0.4) is 0 Å². The highest BCUT2D eigenvalue weighted by molar-refractivity contribution is 7.99. The molecule has 1 rings (SSSR count). The monoisotopic (exact) mass is 212 g/mol. The van der Waals surface area contributed by atoms with Crippen molar-refractivity contribution >= 4 is 17.6 Å². The minimum atomic E-state index is 0.591. The Morgan fingerprint density at radius 1 is 1.50 bits per heavy atom. The molecule has 0 amide bonds. The Morgan fingerprint density at radius 2 is 2.21 bits per heavy atom. The standard InChI is InChI=1S/C9H16N4S/c1-6(2)14-5-9-11-7(3)4-8(12-9)13-10/h4,6H,5,10H2,1-3H3,(H,11,12,13). The Morgan fingerprint density at radius 3 is 2.79 bits per heavy atom. The average Bonchev–Trinajstić information content (AvgIpc) is 2.14. The van der Waals surface area contributed by atoms with Crippen molar-refractivity contribution in [2.75, 3.05) is 5.43 Å². The van der Waals surface area contributed by atoms with E-state index < -0.39 is 0 Å². The number of aryl methyl sites for hydroxylation is 1. The van der Waals surface area contributed by atoms with Gasteiger partial charge < -0.3 is 5.43 Å². The van der Waals surface area contributed by atoms with Crippen LogP contribution in [-0.2, 0) is 5.75 Å². The van der Waals surface area contributed by atoms with Crippen LogP contribution in [0.15, 0.2) is 6.07 Å². The summed E-state index contributed by atoms with van der Waals surface area (Å²) in [5.74, 6) is 7.63. The van der Waals surface area contributed by atoms with Gasteiger partial charge in [-0.25, -0.2) is 15.8 Å². The van der Waals surface area contributed by atoms with Crippen LogP contribution in [0.2, 0.25) is 0 Å². The van der Waals surface area contributed by atoms with Crippen molar-refractivity contribution in [1.82, 2.24) is 9.97 Å². The summed E-state index contributed by atoms with van der Waals surface area (Å²) >= 11 is 1.82. The highest BCUT2D eigenvalue weighted by Gasteiger charge is 2.02. The third kappa shape index (κ3) is 3.51. The number of hydrogen-bond acceptors (Lipinski definition) is 5. The minimum absolute atomic E-state index is 0.591. The molecular formula is C9H16N4S. The molecule has 0 bridgehead atoms. The highest BCUT2D eigenvalue weighted by Crippen LogP contribution is 2.15. The zero-order valence-corrected chi connectivity index (χ0v) is 9.56. The van der Waals surface area contributed by atoms with Crippen LogP contribution in [0.25, 0.3) is 0 Å². The lowest BCUT2D eigenvalue weighted by atomic mass is 10.4. The van der Waals surface area contributed by atoms with Gasteiger partial charge in [0, 0.05) is 11.8 Å².